The Balaban J connectivity index is 2.23. The van der Waals surface area contributed by atoms with Gasteiger partial charge in [0.05, 0.1) is 0 Å². The van der Waals surface area contributed by atoms with Crippen molar-refractivity contribution in [2.75, 3.05) is 5.73 Å². The van der Waals surface area contributed by atoms with Gasteiger partial charge in [-0.05, 0) is 17.7 Å². The highest BCUT2D eigenvalue weighted by Gasteiger charge is 2.02. The van der Waals surface area contributed by atoms with Crippen LogP contribution < -0.4 is 5.73 Å². The minimum absolute atomic E-state index is 0.532. The molecule has 0 aliphatic rings. The first kappa shape index (κ1) is 8.68. The third-order valence-electron chi connectivity index (χ3n) is 2.01. The Bertz CT molecular complexity index is 434. The second-order valence-corrected chi connectivity index (χ2v) is 3.07. The average Bonchev–Trinajstić information content (AvgIpc) is 2.52. The van der Waals surface area contributed by atoms with Crippen LogP contribution in [-0.4, -0.2) is 19.7 Å². The highest BCUT2D eigenvalue weighted by molar-refractivity contribution is 5.33. The van der Waals surface area contributed by atoms with E-state index in [-0.39, 0.29) is 0 Å². The Morgan fingerprint density at radius 3 is 2.93 bits per heavy atom. The number of nitrogen functional groups attached to an aromatic ring is 1. The monoisotopic (exact) mass is 189 g/mol. The van der Waals surface area contributed by atoms with Gasteiger partial charge in [-0.3, -0.25) is 4.68 Å². The molecular weight excluding hydrogens is 178 g/mol. The number of nitrogens with two attached hydrogens (primary N) is 1. The minimum Gasteiger partial charge on any atom is -0.384 e. The first-order chi connectivity index (χ1) is 6.75. The molecule has 0 spiro atoms. The van der Waals surface area contributed by atoms with E-state index in [2.05, 4.69) is 15.1 Å². The van der Waals surface area contributed by atoms with Crippen molar-refractivity contribution in [1.29, 1.82) is 0 Å². The summed E-state index contributed by atoms with van der Waals surface area (Å²) in [5.74, 6) is 1.44. The molecule has 14 heavy (non-hydrogen) atoms. The lowest BCUT2D eigenvalue weighted by Gasteiger charge is -2.01. The molecule has 0 unspecified atom stereocenters. The number of aryl methyl sites for hydroxylation is 1. The van der Waals surface area contributed by atoms with Gasteiger partial charge in [0.25, 0.3) is 0 Å². The fourth-order valence-corrected chi connectivity index (χ4v) is 1.27. The summed E-state index contributed by atoms with van der Waals surface area (Å²) in [7, 11) is 1.87. The molecule has 5 heteroatoms. The van der Waals surface area contributed by atoms with Crippen LogP contribution in [0.2, 0.25) is 0 Å². The van der Waals surface area contributed by atoms with E-state index in [1.54, 1.807) is 17.2 Å². The van der Waals surface area contributed by atoms with Gasteiger partial charge in [0.2, 0.25) is 0 Å². The maximum absolute atomic E-state index is 5.57. The van der Waals surface area contributed by atoms with E-state index in [9.17, 15) is 0 Å². The fourth-order valence-electron chi connectivity index (χ4n) is 1.27. The second-order valence-electron chi connectivity index (χ2n) is 3.07. The zero-order valence-corrected chi connectivity index (χ0v) is 7.88. The van der Waals surface area contributed by atoms with Crippen molar-refractivity contribution in [2.24, 2.45) is 7.05 Å². The summed E-state index contributed by atoms with van der Waals surface area (Å²) >= 11 is 0. The van der Waals surface area contributed by atoms with Crippen LogP contribution in [0.15, 0.2) is 24.7 Å². The molecule has 5 nitrogen and oxygen atoms in total. The third kappa shape index (κ3) is 1.71. The maximum Gasteiger partial charge on any atom is 0.138 e. The Morgan fingerprint density at radius 1 is 1.43 bits per heavy atom. The molecule has 2 heterocycles. The van der Waals surface area contributed by atoms with Gasteiger partial charge in [-0.2, -0.15) is 5.10 Å². The number of nitrogens with zero attached hydrogens (tertiary/aromatic N) is 4. The Labute approximate surface area is 81.6 Å². The quantitative estimate of drug-likeness (QED) is 0.741. The van der Waals surface area contributed by atoms with Crippen LogP contribution in [0.5, 0.6) is 0 Å². The molecule has 2 N–H and O–H groups in total. The number of hydrogen-bond acceptors (Lipinski definition) is 4. The Hall–Kier alpha value is -1.91. The van der Waals surface area contributed by atoms with E-state index in [0.717, 1.165) is 17.8 Å². The van der Waals surface area contributed by atoms with Crippen LogP contribution in [0, 0.1) is 0 Å². The molecule has 0 aliphatic heterocycles. The molecule has 2 aromatic heterocycles. The summed E-state index contributed by atoms with van der Waals surface area (Å²) in [6, 6.07) is 3.76. The molecule has 0 radical (unpaired) electrons. The first-order valence-corrected chi connectivity index (χ1v) is 4.29. The van der Waals surface area contributed by atoms with E-state index in [1.165, 1.54) is 0 Å². The third-order valence-corrected chi connectivity index (χ3v) is 2.01. The number of aromatic nitrogens is 4. The normalized spacial score (nSPS) is 10.4. The average molecular weight is 189 g/mol. The highest BCUT2D eigenvalue weighted by Crippen LogP contribution is 2.07. The molecule has 0 saturated heterocycles. The van der Waals surface area contributed by atoms with Crippen LogP contribution in [0.3, 0.4) is 0 Å². The van der Waals surface area contributed by atoms with Gasteiger partial charge in [-0.15, -0.1) is 0 Å². The predicted octanol–water partition coefficient (Wildman–Crippen LogP) is 0.383. The number of anilines is 1. The molecule has 0 fully saturated rings. The lowest BCUT2D eigenvalue weighted by atomic mass is 10.2. The number of rotatable bonds is 2. The van der Waals surface area contributed by atoms with Crippen LogP contribution in [-0.2, 0) is 13.5 Å². The molecule has 2 aromatic rings. The first-order valence-electron chi connectivity index (χ1n) is 4.29. The molecular formula is C9H11N5. The molecule has 2 rings (SSSR count). The maximum atomic E-state index is 5.57. The van der Waals surface area contributed by atoms with Crippen molar-refractivity contribution in [3.63, 3.8) is 0 Å². The van der Waals surface area contributed by atoms with Gasteiger partial charge in [0.15, 0.2) is 0 Å². The molecule has 0 aliphatic carbocycles. The zero-order valence-electron chi connectivity index (χ0n) is 7.88. The lowest BCUT2D eigenvalue weighted by Crippen LogP contribution is -2.01. The smallest absolute Gasteiger partial charge is 0.138 e. The van der Waals surface area contributed by atoms with Gasteiger partial charge in [0, 0.05) is 19.7 Å². The van der Waals surface area contributed by atoms with Gasteiger partial charge >= 0.3 is 0 Å². The molecule has 0 aromatic carbocycles. The molecule has 0 bridgehead atoms. The highest BCUT2D eigenvalue weighted by atomic mass is 15.3. The van der Waals surface area contributed by atoms with Crippen molar-refractivity contribution in [1.82, 2.24) is 19.7 Å². The van der Waals surface area contributed by atoms with E-state index in [1.807, 2.05) is 19.2 Å². The van der Waals surface area contributed by atoms with Crippen LogP contribution in [0.1, 0.15) is 11.4 Å². The van der Waals surface area contributed by atoms with E-state index >= 15 is 0 Å². The number of pyridine rings is 1. The van der Waals surface area contributed by atoms with Crippen LogP contribution in [0.4, 0.5) is 5.82 Å². The summed E-state index contributed by atoms with van der Waals surface area (Å²) in [6.45, 7) is 0. The predicted molar refractivity (Wildman–Crippen MR) is 52.5 cm³/mol. The van der Waals surface area contributed by atoms with E-state index < -0.39 is 0 Å². The fraction of sp³-hybridized carbons (Fsp3) is 0.222. The van der Waals surface area contributed by atoms with Crippen molar-refractivity contribution in [2.45, 2.75) is 6.42 Å². The SMILES string of the molecule is Cn1ncnc1Cc1ccnc(N)c1. The van der Waals surface area contributed by atoms with E-state index in [0.29, 0.717) is 5.82 Å². The van der Waals surface area contributed by atoms with Crippen molar-refractivity contribution in [3.8, 4) is 0 Å². The summed E-state index contributed by atoms with van der Waals surface area (Å²) < 4.78 is 1.75. The van der Waals surface area contributed by atoms with Gasteiger partial charge in [0.1, 0.15) is 18.0 Å². The Morgan fingerprint density at radius 2 is 2.29 bits per heavy atom. The van der Waals surface area contributed by atoms with Gasteiger partial charge in [-0.25, -0.2) is 9.97 Å². The molecule has 0 amide bonds. The summed E-state index contributed by atoms with van der Waals surface area (Å²) in [5, 5.41) is 3.99. The number of hydrogen-bond donors (Lipinski definition) is 1. The van der Waals surface area contributed by atoms with Crippen molar-refractivity contribution < 1.29 is 0 Å². The van der Waals surface area contributed by atoms with Crippen LogP contribution >= 0.6 is 0 Å². The zero-order chi connectivity index (χ0) is 9.97. The standard InChI is InChI=1S/C9H11N5/c1-14-9(12-6-13-14)5-7-2-3-11-8(10)4-7/h2-4,6H,5H2,1H3,(H2,10,11). The minimum atomic E-state index is 0.532. The summed E-state index contributed by atoms with van der Waals surface area (Å²) in [5.41, 5.74) is 6.66. The van der Waals surface area contributed by atoms with Gasteiger partial charge in [-0.1, -0.05) is 0 Å². The van der Waals surface area contributed by atoms with E-state index in [4.69, 9.17) is 5.73 Å². The Kier molecular flexibility index (Phi) is 2.14. The lowest BCUT2D eigenvalue weighted by molar-refractivity contribution is 0.716. The second kappa shape index (κ2) is 3.45. The molecule has 0 atom stereocenters. The van der Waals surface area contributed by atoms with Crippen molar-refractivity contribution >= 4 is 5.82 Å². The van der Waals surface area contributed by atoms with Gasteiger partial charge < -0.3 is 5.73 Å². The molecule has 72 valence electrons. The largest absolute Gasteiger partial charge is 0.384 e. The topological polar surface area (TPSA) is 69.6 Å². The van der Waals surface area contributed by atoms with Crippen molar-refractivity contribution in [3.05, 3.63) is 36.0 Å². The van der Waals surface area contributed by atoms with Crippen LogP contribution in [0.25, 0.3) is 0 Å². The molecule has 0 saturated carbocycles. The summed E-state index contributed by atoms with van der Waals surface area (Å²) in [4.78, 5) is 8.06. The summed E-state index contributed by atoms with van der Waals surface area (Å²) in [6.07, 6.45) is 3.96.